The minimum atomic E-state index is -0.192. The summed E-state index contributed by atoms with van der Waals surface area (Å²) in [5.41, 5.74) is 1.05. The molecule has 2 fully saturated rings. The number of hydrogen-bond donors (Lipinski definition) is 0. The fourth-order valence-corrected chi connectivity index (χ4v) is 5.35. The number of para-hydroxylation sites is 1. The maximum atomic E-state index is 13.1. The van der Waals surface area contributed by atoms with Crippen LogP contribution in [0, 0.1) is 0 Å². The molecule has 1 amide bonds. The molecule has 0 saturated carbocycles. The Kier molecular flexibility index (Phi) is 7.63. The summed E-state index contributed by atoms with van der Waals surface area (Å²) >= 11 is 1.52. The fraction of sp³-hybridized carbons (Fsp3) is 0.609. The van der Waals surface area contributed by atoms with E-state index < -0.39 is 0 Å². The summed E-state index contributed by atoms with van der Waals surface area (Å²) < 4.78 is 2.14. The van der Waals surface area contributed by atoms with Crippen LogP contribution in [0.1, 0.15) is 38.9 Å². The quantitative estimate of drug-likeness (QED) is 0.615. The van der Waals surface area contributed by atoms with Crippen LogP contribution in [0.15, 0.2) is 35.5 Å². The maximum absolute atomic E-state index is 13.1. The van der Waals surface area contributed by atoms with Crippen molar-refractivity contribution in [2.45, 2.75) is 50.1 Å². The predicted octanol–water partition coefficient (Wildman–Crippen LogP) is 2.90. The van der Waals surface area contributed by atoms with Crippen LogP contribution in [0.4, 0.5) is 0 Å². The van der Waals surface area contributed by atoms with E-state index in [2.05, 4.69) is 43.6 Å². The van der Waals surface area contributed by atoms with Gasteiger partial charge in [-0.3, -0.25) is 14.3 Å². The van der Waals surface area contributed by atoms with Gasteiger partial charge in [0.15, 0.2) is 11.0 Å². The van der Waals surface area contributed by atoms with E-state index in [1.165, 1.54) is 31.0 Å². The normalized spacial score (nSPS) is 19.5. The molecule has 0 bridgehead atoms. The molecule has 168 valence electrons. The van der Waals surface area contributed by atoms with Gasteiger partial charge in [0, 0.05) is 31.9 Å². The summed E-state index contributed by atoms with van der Waals surface area (Å²) in [5, 5.41) is 9.68. The molecule has 0 spiro atoms. The number of carbonyl (C=O) groups excluding carboxylic acids is 1. The first-order chi connectivity index (χ1) is 15.2. The topological polar surface area (TPSA) is 57.5 Å². The SMILES string of the molecule is CCN1CCN(C(=O)C(C)Sc2nnc(CN3CCCCC3)n2-c2ccccc2)CC1. The summed E-state index contributed by atoms with van der Waals surface area (Å²) in [6.07, 6.45) is 3.81. The fourth-order valence-electron chi connectivity index (χ4n) is 4.38. The van der Waals surface area contributed by atoms with E-state index in [-0.39, 0.29) is 11.2 Å². The third-order valence-corrected chi connectivity index (χ3v) is 7.32. The summed E-state index contributed by atoms with van der Waals surface area (Å²) in [7, 11) is 0. The van der Waals surface area contributed by atoms with Crippen molar-refractivity contribution in [1.29, 1.82) is 0 Å². The van der Waals surface area contributed by atoms with E-state index in [4.69, 9.17) is 0 Å². The molecule has 8 heteroatoms. The lowest BCUT2D eigenvalue weighted by atomic mass is 10.1. The van der Waals surface area contributed by atoms with Gasteiger partial charge in [-0.15, -0.1) is 10.2 Å². The number of piperidine rings is 1. The molecular formula is C23H34N6OS. The van der Waals surface area contributed by atoms with Gasteiger partial charge in [-0.1, -0.05) is 43.3 Å². The Morgan fingerprint density at radius 2 is 1.68 bits per heavy atom. The second-order valence-electron chi connectivity index (χ2n) is 8.43. The second kappa shape index (κ2) is 10.6. The van der Waals surface area contributed by atoms with Crippen LogP contribution in [0.2, 0.25) is 0 Å². The lowest BCUT2D eigenvalue weighted by Gasteiger charge is -2.35. The average Bonchev–Trinajstić information content (AvgIpc) is 3.21. The van der Waals surface area contributed by atoms with Crippen LogP contribution in [0.5, 0.6) is 0 Å². The van der Waals surface area contributed by atoms with Gasteiger partial charge in [0.05, 0.1) is 11.8 Å². The standard InChI is InChI=1S/C23H34N6OS/c1-3-26-14-16-28(17-15-26)22(30)19(2)31-23-25-24-21(18-27-12-8-5-9-13-27)29(23)20-10-6-4-7-11-20/h4,6-7,10-11,19H,3,5,8-9,12-18H2,1-2H3. The average molecular weight is 443 g/mol. The summed E-state index contributed by atoms with van der Waals surface area (Å²) in [4.78, 5) is 19.9. The van der Waals surface area contributed by atoms with Gasteiger partial charge >= 0.3 is 0 Å². The highest BCUT2D eigenvalue weighted by molar-refractivity contribution is 8.00. The third kappa shape index (κ3) is 5.48. The number of piperazine rings is 1. The van der Waals surface area contributed by atoms with Crippen molar-refractivity contribution >= 4 is 17.7 Å². The maximum Gasteiger partial charge on any atom is 0.235 e. The minimum absolute atomic E-state index is 0.192. The van der Waals surface area contributed by atoms with Crippen molar-refractivity contribution in [2.75, 3.05) is 45.8 Å². The number of hydrogen-bond acceptors (Lipinski definition) is 6. The minimum Gasteiger partial charge on any atom is -0.339 e. The van der Waals surface area contributed by atoms with E-state index in [1.54, 1.807) is 0 Å². The van der Waals surface area contributed by atoms with Gasteiger partial charge in [-0.05, 0) is 51.5 Å². The number of nitrogens with zero attached hydrogens (tertiary/aromatic N) is 6. The van der Waals surface area contributed by atoms with Crippen LogP contribution in [0.25, 0.3) is 5.69 Å². The van der Waals surface area contributed by atoms with Gasteiger partial charge in [0.1, 0.15) is 0 Å². The smallest absolute Gasteiger partial charge is 0.235 e. The Morgan fingerprint density at radius 1 is 0.968 bits per heavy atom. The molecule has 7 nitrogen and oxygen atoms in total. The molecule has 3 heterocycles. The van der Waals surface area contributed by atoms with Gasteiger partial charge in [-0.2, -0.15) is 0 Å². The number of likely N-dealkylation sites (tertiary alicyclic amines) is 1. The van der Waals surface area contributed by atoms with Crippen LogP contribution >= 0.6 is 11.8 Å². The van der Waals surface area contributed by atoms with Crippen molar-refractivity contribution in [3.8, 4) is 5.69 Å². The first-order valence-electron chi connectivity index (χ1n) is 11.6. The van der Waals surface area contributed by atoms with Crippen molar-refractivity contribution in [3.63, 3.8) is 0 Å². The lowest BCUT2D eigenvalue weighted by molar-refractivity contribution is -0.132. The van der Waals surface area contributed by atoms with E-state index >= 15 is 0 Å². The highest BCUT2D eigenvalue weighted by atomic mass is 32.2. The van der Waals surface area contributed by atoms with Crippen molar-refractivity contribution in [1.82, 2.24) is 29.5 Å². The van der Waals surface area contributed by atoms with Crippen molar-refractivity contribution in [3.05, 3.63) is 36.2 Å². The van der Waals surface area contributed by atoms with E-state index in [9.17, 15) is 4.79 Å². The molecule has 1 aromatic carbocycles. The number of likely N-dealkylation sites (N-methyl/N-ethyl adjacent to an activating group) is 1. The highest BCUT2D eigenvalue weighted by Crippen LogP contribution is 2.28. The molecule has 4 rings (SSSR count). The molecule has 0 aliphatic carbocycles. The number of carbonyl (C=O) groups is 1. The highest BCUT2D eigenvalue weighted by Gasteiger charge is 2.27. The summed E-state index contributed by atoms with van der Waals surface area (Å²) in [6.45, 7) is 11.8. The Hall–Kier alpha value is -1.90. The molecule has 1 atom stereocenters. The Balaban J connectivity index is 1.50. The molecule has 2 aliphatic rings. The van der Waals surface area contributed by atoms with E-state index in [0.29, 0.717) is 0 Å². The van der Waals surface area contributed by atoms with Gasteiger partial charge in [0.25, 0.3) is 0 Å². The molecule has 2 aliphatic heterocycles. The zero-order chi connectivity index (χ0) is 21.6. The second-order valence-corrected chi connectivity index (χ2v) is 9.73. The molecule has 0 N–H and O–H groups in total. The Labute approximate surface area is 189 Å². The van der Waals surface area contributed by atoms with Crippen molar-refractivity contribution in [2.24, 2.45) is 0 Å². The number of thioether (sulfide) groups is 1. The van der Waals surface area contributed by atoms with Crippen LogP contribution in [-0.4, -0.2) is 86.4 Å². The lowest BCUT2D eigenvalue weighted by Crippen LogP contribution is -2.50. The monoisotopic (exact) mass is 442 g/mol. The molecule has 0 radical (unpaired) electrons. The molecule has 31 heavy (non-hydrogen) atoms. The Morgan fingerprint density at radius 3 is 2.35 bits per heavy atom. The molecular weight excluding hydrogens is 408 g/mol. The first kappa shape index (κ1) is 22.3. The number of benzene rings is 1. The number of amides is 1. The molecule has 1 unspecified atom stereocenters. The zero-order valence-corrected chi connectivity index (χ0v) is 19.6. The first-order valence-corrected chi connectivity index (χ1v) is 12.4. The number of aromatic nitrogens is 3. The molecule has 2 aromatic rings. The number of rotatable bonds is 7. The summed E-state index contributed by atoms with van der Waals surface area (Å²) in [6, 6.07) is 10.3. The van der Waals surface area contributed by atoms with Gasteiger partial charge in [-0.25, -0.2) is 0 Å². The molecule has 2 saturated heterocycles. The van der Waals surface area contributed by atoms with Crippen LogP contribution in [-0.2, 0) is 11.3 Å². The summed E-state index contributed by atoms with van der Waals surface area (Å²) in [5.74, 6) is 1.15. The zero-order valence-electron chi connectivity index (χ0n) is 18.7. The molecule has 1 aromatic heterocycles. The largest absolute Gasteiger partial charge is 0.339 e. The van der Waals surface area contributed by atoms with E-state index in [0.717, 1.165) is 69.0 Å². The van der Waals surface area contributed by atoms with Crippen LogP contribution in [0.3, 0.4) is 0 Å². The van der Waals surface area contributed by atoms with Crippen molar-refractivity contribution < 1.29 is 4.79 Å². The third-order valence-electron chi connectivity index (χ3n) is 6.29. The van der Waals surface area contributed by atoms with Crippen LogP contribution < -0.4 is 0 Å². The van der Waals surface area contributed by atoms with E-state index in [1.807, 2.05) is 30.0 Å². The van der Waals surface area contributed by atoms with Gasteiger partial charge < -0.3 is 9.80 Å². The van der Waals surface area contributed by atoms with Gasteiger partial charge in [0.2, 0.25) is 5.91 Å². The predicted molar refractivity (Wildman–Crippen MR) is 125 cm³/mol. The Bertz CT molecular complexity index is 843.